The third kappa shape index (κ3) is 4.85. The van der Waals surface area contributed by atoms with E-state index in [0.29, 0.717) is 29.3 Å². The Bertz CT molecular complexity index is 1260. The molecule has 4 rings (SSSR count). The van der Waals surface area contributed by atoms with E-state index in [-0.39, 0.29) is 18.1 Å². The predicted molar refractivity (Wildman–Crippen MR) is 117 cm³/mol. The van der Waals surface area contributed by atoms with E-state index in [0.717, 1.165) is 11.1 Å². The van der Waals surface area contributed by atoms with Gasteiger partial charge >= 0.3 is 0 Å². The van der Waals surface area contributed by atoms with Crippen LogP contribution in [0.1, 0.15) is 38.5 Å². The maximum absolute atomic E-state index is 13.4. The number of halogens is 1. The molecule has 0 aliphatic heterocycles. The Balaban J connectivity index is 1.43. The number of ether oxygens (including phenoxy) is 1. The maximum Gasteiger partial charge on any atom is 0.278 e. The zero-order chi connectivity index (χ0) is 22.7. The molecule has 0 radical (unpaired) electrons. The Labute approximate surface area is 184 Å². The third-order valence-electron chi connectivity index (χ3n) is 5.19. The molecule has 0 bridgehead atoms. The molecule has 2 aromatic heterocycles. The first kappa shape index (κ1) is 21.3. The van der Waals surface area contributed by atoms with Crippen LogP contribution in [-0.2, 0) is 13.2 Å². The van der Waals surface area contributed by atoms with Crippen molar-refractivity contribution in [2.75, 3.05) is 5.32 Å². The van der Waals surface area contributed by atoms with Crippen LogP contribution in [0.5, 0.6) is 5.75 Å². The summed E-state index contributed by atoms with van der Waals surface area (Å²) < 4.78 is 26.1. The predicted octanol–water partition coefficient (Wildman–Crippen LogP) is 4.82. The van der Waals surface area contributed by atoms with Crippen LogP contribution < -0.4 is 10.1 Å². The second-order valence-electron chi connectivity index (χ2n) is 7.61. The van der Waals surface area contributed by atoms with E-state index in [4.69, 9.17) is 9.26 Å². The van der Waals surface area contributed by atoms with Crippen LogP contribution in [0.25, 0.3) is 0 Å². The number of aromatic nitrogens is 3. The normalized spacial score (nSPS) is 10.9. The van der Waals surface area contributed by atoms with Crippen LogP contribution in [0.3, 0.4) is 0 Å². The molecule has 0 atom stereocenters. The summed E-state index contributed by atoms with van der Waals surface area (Å²) in [4.78, 5) is 12.8. The lowest BCUT2D eigenvalue weighted by atomic mass is 10.1. The SMILES string of the molecule is Cc1ccc(OCc2c(C(=O)Nc3cnn(Cc4cccc(F)c4)c3)noc2C)cc1C. The number of carbonyl (C=O) groups is 1. The van der Waals surface area contributed by atoms with Crippen molar-refractivity contribution in [3.63, 3.8) is 0 Å². The molecule has 8 heteroatoms. The van der Waals surface area contributed by atoms with Gasteiger partial charge in [0.05, 0.1) is 24.0 Å². The average molecular weight is 434 g/mol. The topological polar surface area (TPSA) is 82.2 Å². The van der Waals surface area contributed by atoms with Gasteiger partial charge in [-0.3, -0.25) is 9.48 Å². The van der Waals surface area contributed by atoms with Gasteiger partial charge in [0, 0.05) is 6.20 Å². The van der Waals surface area contributed by atoms with Crippen molar-refractivity contribution in [3.8, 4) is 5.75 Å². The zero-order valence-electron chi connectivity index (χ0n) is 18.1. The number of nitrogens with zero attached hydrogens (tertiary/aromatic N) is 3. The van der Waals surface area contributed by atoms with Gasteiger partial charge in [0.2, 0.25) is 0 Å². The number of hydrogen-bond acceptors (Lipinski definition) is 5. The number of carbonyl (C=O) groups excluding carboxylic acids is 1. The van der Waals surface area contributed by atoms with Gasteiger partial charge in [0.15, 0.2) is 5.69 Å². The van der Waals surface area contributed by atoms with Gasteiger partial charge in [-0.05, 0) is 61.7 Å². The number of benzene rings is 2. The van der Waals surface area contributed by atoms with Crippen molar-refractivity contribution in [3.05, 3.63) is 94.4 Å². The van der Waals surface area contributed by atoms with Crippen molar-refractivity contribution in [1.29, 1.82) is 0 Å². The maximum atomic E-state index is 13.4. The standard InChI is InChI=1S/C24H23FN4O3/c1-15-7-8-21(9-16(15)2)31-14-22-17(3)32-28-23(22)24(30)27-20-11-26-29(13-20)12-18-5-4-6-19(25)10-18/h4-11,13H,12,14H2,1-3H3,(H,27,30). The summed E-state index contributed by atoms with van der Waals surface area (Å²) in [5.74, 6) is 0.491. The highest BCUT2D eigenvalue weighted by atomic mass is 19.1. The first-order valence-electron chi connectivity index (χ1n) is 10.1. The fourth-order valence-corrected chi connectivity index (χ4v) is 3.23. The largest absolute Gasteiger partial charge is 0.489 e. The lowest BCUT2D eigenvalue weighted by Gasteiger charge is -2.08. The first-order valence-corrected chi connectivity index (χ1v) is 10.1. The molecular formula is C24H23FN4O3. The van der Waals surface area contributed by atoms with Crippen molar-refractivity contribution in [1.82, 2.24) is 14.9 Å². The number of nitrogens with one attached hydrogen (secondary N) is 1. The number of aryl methyl sites for hydroxylation is 3. The molecule has 2 aromatic carbocycles. The molecule has 0 spiro atoms. The summed E-state index contributed by atoms with van der Waals surface area (Å²) in [6, 6.07) is 12.1. The lowest BCUT2D eigenvalue weighted by Crippen LogP contribution is -2.15. The molecule has 0 saturated carbocycles. The van der Waals surface area contributed by atoms with E-state index in [1.54, 1.807) is 23.9 Å². The molecular weight excluding hydrogens is 411 g/mol. The van der Waals surface area contributed by atoms with Crippen molar-refractivity contribution in [2.24, 2.45) is 0 Å². The number of amides is 1. The van der Waals surface area contributed by atoms with Gasteiger partial charge in [-0.2, -0.15) is 5.10 Å². The summed E-state index contributed by atoms with van der Waals surface area (Å²) >= 11 is 0. The molecule has 0 unspecified atom stereocenters. The Morgan fingerprint density at radius 1 is 1.16 bits per heavy atom. The van der Waals surface area contributed by atoms with Gasteiger partial charge in [0.1, 0.15) is 23.9 Å². The van der Waals surface area contributed by atoms with E-state index in [1.807, 2.05) is 38.1 Å². The minimum Gasteiger partial charge on any atom is -0.489 e. The fraction of sp³-hybridized carbons (Fsp3) is 0.208. The molecule has 0 aliphatic carbocycles. The van der Waals surface area contributed by atoms with E-state index in [2.05, 4.69) is 15.6 Å². The molecule has 1 amide bonds. The summed E-state index contributed by atoms with van der Waals surface area (Å²) in [7, 11) is 0. The zero-order valence-corrected chi connectivity index (χ0v) is 18.1. The highest BCUT2D eigenvalue weighted by Gasteiger charge is 2.21. The summed E-state index contributed by atoms with van der Waals surface area (Å²) in [5, 5.41) is 10.9. The van der Waals surface area contributed by atoms with Crippen molar-refractivity contribution >= 4 is 11.6 Å². The van der Waals surface area contributed by atoms with Crippen LogP contribution in [0.15, 0.2) is 59.4 Å². The van der Waals surface area contributed by atoms with Crippen molar-refractivity contribution in [2.45, 2.75) is 33.9 Å². The smallest absolute Gasteiger partial charge is 0.278 e. The summed E-state index contributed by atoms with van der Waals surface area (Å²) in [5.41, 5.74) is 4.29. The molecule has 7 nitrogen and oxygen atoms in total. The number of rotatable bonds is 7. The van der Waals surface area contributed by atoms with E-state index < -0.39 is 5.91 Å². The van der Waals surface area contributed by atoms with Crippen LogP contribution in [0.4, 0.5) is 10.1 Å². The summed E-state index contributed by atoms with van der Waals surface area (Å²) in [6.45, 7) is 6.32. The molecule has 0 fully saturated rings. The molecule has 0 saturated heterocycles. The van der Waals surface area contributed by atoms with E-state index in [1.165, 1.54) is 23.9 Å². The lowest BCUT2D eigenvalue weighted by molar-refractivity contribution is 0.101. The Morgan fingerprint density at radius 2 is 2.00 bits per heavy atom. The monoisotopic (exact) mass is 434 g/mol. The number of hydrogen-bond donors (Lipinski definition) is 1. The first-order chi connectivity index (χ1) is 15.4. The highest BCUT2D eigenvalue weighted by Crippen LogP contribution is 2.21. The van der Waals surface area contributed by atoms with E-state index >= 15 is 0 Å². The molecule has 0 aliphatic rings. The van der Waals surface area contributed by atoms with Crippen LogP contribution in [0.2, 0.25) is 0 Å². The second-order valence-corrected chi connectivity index (χ2v) is 7.61. The number of anilines is 1. The van der Waals surface area contributed by atoms with Crippen LogP contribution in [0, 0.1) is 26.6 Å². The highest BCUT2D eigenvalue weighted by molar-refractivity contribution is 6.03. The second kappa shape index (κ2) is 9.05. The quantitative estimate of drug-likeness (QED) is 0.451. The minimum atomic E-state index is -0.425. The molecule has 1 N–H and O–H groups in total. The van der Waals surface area contributed by atoms with Gasteiger partial charge in [0.25, 0.3) is 5.91 Å². The van der Waals surface area contributed by atoms with Gasteiger partial charge in [-0.15, -0.1) is 0 Å². The molecule has 32 heavy (non-hydrogen) atoms. The van der Waals surface area contributed by atoms with Crippen molar-refractivity contribution < 1.29 is 18.4 Å². The Hall–Kier alpha value is -3.94. The third-order valence-corrected chi connectivity index (χ3v) is 5.19. The Kier molecular flexibility index (Phi) is 6.02. The van der Waals surface area contributed by atoms with Gasteiger partial charge in [-0.1, -0.05) is 23.4 Å². The molecule has 164 valence electrons. The minimum absolute atomic E-state index is 0.152. The molecule has 2 heterocycles. The average Bonchev–Trinajstić information content (AvgIpc) is 3.35. The van der Waals surface area contributed by atoms with Gasteiger partial charge in [-0.25, -0.2) is 4.39 Å². The van der Waals surface area contributed by atoms with Crippen LogP contribution >= 0.6 is 0 Å². The van der Waals surface area contributed by atoms with E-state index in [9.17, 15) is 9.18 Å². The molecule has 4 aromatic rings. The van der Waals surface area contributed by atoms with Gasteiger partial charge < -0.3 is 14.6 Å². The Morgan fingerprint density at radius 3 is 2.78 bits per heavy atom. The van der Waals surface area contributed by atoms with Crippen LogP contribution in [-0.4, -0.2) is 20.8 Å². The summed E-state index contributed by atoms with van der Waals surface area (Å²) in [6.07, 6.45) is 3.19. The fourth-order valence-electron chi connectivity index (χ4n) is 3.23.